The monoisotopic (exact) mass is 470 g/mol. The summed E-state index contributed by atoms with van der Waals surface area (Å²) in [5, 5.41) is 1.45. The highest BCUT2D eigenvalue weighted by atomic mass is 32.2. The van der Waals surface area contributed by atoms with Crippen molar-refractivity contribution >= 4 is 45.2 Å². The van der Waals surface area contributed by atoms with E-state index in [9.17, 15) is 4.79 Å². The molecule has 0 aliphatic heterocycles. The van der Waals surface area contributed by atoms with E-state index in [0.29, 0.717) is 11.7 Å². The molecule has 0 bridgehead atoms. The number of imidazole rings is 1. The summed E-state index contributed by atoms with van der Waals surface area (Å²) in [5.74, 6) is 0.268. The summed E-state index contributed by atoms with van der Waals surface area (Å²) in [6, 6.07) is 28.1. The largest absolute Gasteiger partial charge is 0.333 e. The van der Waals surface area contributed by atoms with Crippen molar-refractivity contribution in [3.63, 3.8) is 0 Å². The maximum Gasteiger partial charge on any atom is 0.239 e. The van der Waals surface area contributed by atoms with Crippen LogP contribution in [0.2, 0.25) is 0 Å². The summed E-state index contributed by atoms with van der Waals surface area (Å²) in [4.78, 5) is 28.9. The first-order valence-electron chi connectivity index (χ1n) is 10.6. The molecular formula is C26H22N4OS2. The number of carbonyl (C=O) groups is 1. The minimum Gasteiger partial charge on any atom is -0.333 e. The Morgan fingerprint density at radius 2 is 1.64 bits per heavy atom. The average Bonchev–Trinajstić information content (AvgIpc) is 3.45. The molecule has 0 fully saturated rings. The van der Waals surface area contributed by atoms with Crippen molar-refractivity contribution in [1.82, 2.24) is 15.0 Å². The van der Waals surface area contributed by atoms with Gasteiger partial charge in [0.15, 0.2) is 10.3 Å². The Hall–Kier alpha value is -3.42. The Morgan fingerprint density at radius 3 is 2.39 bits per heavy atom. The standard InChI is InChI=1S/C26H22N4OS2/c1-18-24(20-12-6-3-7-13-20)33-26(27-18)30(16-19-10-4-2-5-11-19)23(31)17-32-25-28-21-14-8-9-15-22(21)29-25/h2-15H,16-17H2,1H3,(H,28,29). The Kier molecular flexibility index (Phi) is 6.24. The molecule has 0 atom stereocenters. The summed E-state index contributed by atoms with van der Waals surface area (Å²) < 4.78 is 0. The number of hydrogen-bond donors (Lipinski definition) is 1. The third kappa shape index (κ3) is 4.84. The van der Waals surface area contributed by atoms with Crippen LogP contribution in [0, 0.1) is 6.92 Å². The van der Waals surface area contributed by atoms with E-state index in [1.807, 2.05) is 79.7 Å². The molecule has 33 heavy (non-hydrogen) atoms. The SMILES string of the molecule is Cc1nc(N(Cc2ccccc2)C(=O)CSc2nc3ccccc3[nH]2)sc1-c1ccccc1. The second-order valence-electron chi connectivity index (χ2n) is 7.59. The molecule has 3 aromatic carbocycles. The number of fused-ring (bicyclic) bond motifs is 1. The van der Waals surface area contributed by atoms with Crippen molar-refractivity contribution < 1.29 is 4.79 Å². The summed E-state index contributed by atoms with van der Waals surface area (Å²) in [5.41, 5.74) is 4.97. The number of thioether (sulfide) groups is 1. The van der Waals surface area contributed by atoms with Crippen LogP contribution in [-0.4, -0.2) is 26.6 Å². The van der Waals surface area contributed by atoms with Crippen LogP contribution >= 0.6 is 23.1 Å². The van der Waals surface area contributed by atoms with Crippen LogP contribution in [0.25, 0.3) is 21.5 Å². The van der Waals surface area contributed by atoms with Gasteiger partial charge in [0.05, 0.1) is 33.9 Å². The van der Waals surface area contributed by atoms with Gasteiger partial charge in [0.1, 0.15) is 0 Å². The lowest BCUT2D eigenvalue weighted by Gasteiger charge is -2.19. The highest BCUT2D eigenvalue weighted by Gasteiger charge is 2.22. The zero-order chi connectivity index (χ0) is 22.6. The first kappa shape index (κ1) is 21.4. The molecule has 0 saturated carbocycles. The molecule has 164 valence electrons. The normalized spacial score (nSPS) is 11.1. The zero-order valence-corrected chi connectivity index (χ0v) is 19.7. The quantitative estimate of drug-likeness (QED) is 0.283. The van der Waals surface area contributed by atoms with Crippen LogP contribution in [0.1, 0.15) is 11.3 Å². The summed E-state index contributed by atoms with van der Waals surface area (Å²) >= 11 is 2.97. The molecule has 0 aliphatic rings. The number of nitrogens with zero attached hydrogens (tertiary/aromatic N) is 3. The van der Waals surface area contributed by atoms with Gasteiger partial charge in [0.25, 0.3) is 0 Å². The minimum atomic E-state index is -0.00216. The van der Waals surface area contributed by atoms with Gasteiger partial charge in [-0.05, 0) is 30.2 Å². The average molecular weight is 471 g/mol. The van der Waals surface area contributed by atoms with Crippen LogP contribution < -0.4 is 4.90 Å². The smallest absolute Gasteiger partial charge is 0.239 e. The van der Waals surface area contributed by atoms with Crippen molar-refractivity contribution in [3.8, 4) is 10.4 Å². The van der Waals surface area contributed by atoms with E-state index in [1.54, 1.807) is 16.2 Å². The molecule has 0 radical (unpaired) electrons. The highest BCUT2D eigenvalue weighted by Crippen LogP contribution is 2.35. The second-order valence-corrected chi connectivity index (χ2v) is 9.53. The van der Waals surface area contributed by atoms with Gasteiger partial charge in [-0.15, -0.1) is 0 Å². The number of amides is 1. The fourth-order valence-corrected chi connectivity index (χ4v) is 5.44. The Morgan fingerprint density at radius 1 is 0.939 bits per heavy atom. The van der Waals surface area contributed by atoms with Crippen molar-refractivity contribution in [2.45, 2.75) is 18.6 Å². The predicted molar refractivity (Wildman–Crippen MR) is 137 cm³/mol. The number of para-hydroxylation sites is 2. The number of aryl methyl sites for hydroxylation is 1. The lowest BCUT2D eigenvalue weighted by atomic mass is 10.2. The van der Waals surface area contributed by atoms with E-state index >= 15 is 0 Å². The summed E-state index contributed by atoms with van der Waals surface area (Å²) in [7, 11) is 0. The molecule has 1 amide bonds. The molecule has 5 aromatic rings. The van der Waals surface area contributed by atoms with Gasteiger partial charge >= 0.3 is 0 Å². The van der Waals surface area contributed by atoms with Crippen LogP contribution in [0.5, 0.6) is 0 Å². The number of anilines is 1. The fourth-order valence-electron chi connectivity index (χ4n) is 3.59. The number of H-pyrrole nitrogens is 1. The topological polar surface area (TPSA) is 61.9 Å². The Labute approximate surface area is 200 Å². The van der Waals surface area contributed by atoms with E-state index in [-0.39, 0.29) is 11.7 Å². The molecule has 1 N–H and O–H groups in total. The number of aromatic amines is 1. The lowest BCUT2D eigenvalue weighted by molar-refractivity contribution is -0.116. The van der Waals surface area contributed by atoms with Gasteiger partial charge in [-0.2, -0.15) is 0 Å². The molecular weight excluding hydrogens is 448 g/mol. The predicted octanol–water partition coefficient (Wildman–Crippen LogP) is 6.32. The maximum absolute atomic E-state index is 13.4. The van der Waals surface area contributed by atoms with E-state index in [4.69, 9.17) is 4.98 Å². The van der Waals surface area contributed by atoms with E-state index in [0.717, 1.165) is 37.9 Å². The fraction of sp³-hybridized carbons (Fsp3) is 0.115. The van der Waals surface area contributed by atoms with Crippen molar-refractivity contribution in [3.05, 3.63) is 96.2 Å². The van der Waals surface area contributed by atoms with E-state index in [2.05, 4.69) is 22.1 Å². The molecule has 0 unspecified atom stereocenters. The molecule has 5 rings (SSSR count). The first-order chi connectivity index (χ1) is 16.2. The van der Waals surface area contributed by atoms with Crippen molar-refractivity contribution in [2.75, 3.05) is 10.7 Å². The summed E-state index contributed by atoms with van der Waals surface area (Å²) in [6.45, 7) is 2.47. The van der Waals surface area contributed by atoms with Crippen molar-refractivity contribution in [2.24, 2.45) is 0 Å². The minimum absolute atomic E-state index is 0.00216. The molecule has 0 saturated heterocycles. The van der Waals surface area contributed by atoms with Gasteiger partial charge in [-0.1, -0.05) is 95.9 Å². The highest BCUT2D eigenvalue weighted by molar-refractivity contribution is 7.99. The summed E-state index contributed by atoms with van der Waals surface area (Å²) in [6.07, 6.45) is 0. The van der Waals surface area contributed by atoms with Gasteiger partial charge in [-0.3, -0.25) is 9.69 Å². The van der Waals surface area contributed by atoms with Gasteiger partial charge in [0, 0.05) is 0 Å². The first-order valence-corrected chi connectivity index (χ1v) is 12.4. The van der Waals surface area contributed by atoms with Gasteiger partial charge in [-0.25, -0.2) is 9.97 Å². The second kappa shape index (κ2) is 9.60. The molecule has 2 heterocycles. The van der Waals surface area contributed by atoms with Crippen LogP contribution in [-0.2, 0) is 11.3 Å². The molecule has 5 nitrogen and oxygen atoms in total. The number of thiazole rings is 1. The van der Waals surface area contributed by atoms with Gasteiger partial charge in [0.2, 0.25) is 5.91 Å². The molecule has 7 heteroatoms. The number of nitrogens with one attached hydrogen (secondary N) is 1. The zero-order valence-electron chi connectivity index (χ0n) is 18.1. The Balaban J connectivity index is 1.41. The van der Waals surface area contributed by atoms with Crippen LogP contribution in [0.4, 0.5) is 5.13 Å². The number of hydrogen-bond acceptors (Lipinski definition) is 5. The number of benzene rings is 3. The van der Waals surface area contributed by atoms with Crippen LogP contribution in [0.15, 0.2) is 90.1 Å². The maximum atomic E-state index is 13.4. The molecule has 0 spiro atoms. The third-order valence-electron chi connectivity index (χ3n) is 5.24. The van der Waals surface area contributed by atoms with E-state index < -0.39 is 0 Å². The molecule has 0 aliphatic carbocycles. The van der Waals surface area contributed by atoms with Gasteiger partial charge < -0.3 is 4.98 Å². The van der Waals surface area contributed by atoms with Crippen LogP contribution in [0.3, 0.4) is 0 Å². The molecule has 2 aromatic heterocycles. The number of rotatable bonds is 7. The lowest BCUT2D eigenvalue weighted by Crippen LogP contribution is -2.31. The number of aromatic nitrogens is 3. The van der Waals surface area contributed by atoms with Crippen molar-refractivity contribution in [1.29, 1.82) is 0 Å². The third-order valence-corrected chi connectivity index (χ3v) is 7.32. The van der Waals surface area contributed by atoms with E-state index in [1.165, 1.54) is 11.8 Å². The Bertz CT molecular complexity index is 1350. The number of carbonyl (C=O) groups excluding carboxylic acids is 1.